The molecule has 0 aromatic heterocycles. The standard InChI is InChI=1S/C19H33N7O9S/c20-9(3-5-13(27)28)15(31)26-12(8-36)17(33)24-10(2-1-7-23-19(21)22)16(32)25-11(18(34)35)4-6-14(29)30/h9-12,36H,1-8,20H2,(H,24,33)(H,25,32)(H,26,31)(H,27,28)(H,29,30)(H,34,35)(H4,21,22,23). The van der Waals surface area contributed by atoms with E-state index >= 15 is 0 Å². The summed E-state index contributed by atoms with van der Waals surface area (Å²) in [6.07, 6.45) is -1.29. The first-order valence-corrected chi connectivity index (χ1v) is 11.4. The Balaban J connectivity index is 5.41. The van der Waals surface area contributed by atoms with Gasteiger partial charge in [-0.1, -0.05) is 0 Å². The smallest absolute Gasteiger partial charge is 0.326 e. The first-order chi connectivity index (χ1) is 16.8. The van der Waals surface area contributed by atoms with Gasteiger partial charge in [0.15, 0.2) is 5.96 Å². The van der Waals surface area contributed by atoms with Gasteiger partial charge in [-0.2, -0.15) is 12.6 Å². The predicted molar refractivity (Wildman–Crippen MR) is 129 cm³/mol. The summed E-state index contributed by atoms with van der Waals surface area (Å²) < 4.78 is 0. The number of hydrogen-bond donors (Lipinski definition) is 10. The third-order valence-electron chi connectivity index (χ3n) is 4.66. The number of rotatable bonds is 18. The molecular formula is C19H33N7O9S. The summed E-state index contributed by atoms with van der Waals surface area (Å²) in [5.41, 5.74) is 16.1. The molecular weight excluding hydrogens is 502 g/mol. The van der Waals surface area contributed by atoms with Crippen molar-refractivity contribution >= 4 is 54.2 Å². The minimum absolute atomic E-state index is 0.0367. The monoisotopic (exact) mass is 535 g/mol. The van der Waals surface area contributed by atoms with Crippen LogP contribution >= 0.6 is 12.6 Å². The summed E-state index contributed by atoms with van der Waals surface area (Å²) in [6, 6.07) is -5.29. The summed E-state index contributed by atoms with van der Waals surface area (Å²) in [7, 11) is 0. The number of carboxylic acid groups (broad SMARTS) is 3. The molecule has 0 spiro atoms. The number of nitrogens with two attached hydrogens (primary N) is 3. The molecule has 0 saturated heterocycles. The van der Waals surface area contributed by atoms with Crippen molar-refractivity contribution in [1.29, 1.82) is 0 Å². The fourth-order valence-corrected chi connectivity index (χ4v) is 2.98. The molecule has 0 aromatic carbocycles. The predicted octanol–water partition coefficient (Wildman–Crippen LogP) is -3.43. The van der Waals surface area contributed by atoms with Crippen molar-refractivity contribution in [2.75, 3.05) is 12.3 Å². The van der Waals surface area contributed by atoms with Crippen LogP contribution < -0.4 is 33.2 Å². The van der Waals surface area contributed by atoms with E-state index in [2.05, 4.69) is 33.6 Å². The molecule has 0 saturated carbocycles. The Bertz CT molecular complexity index is 836. The van der Waals surface area contributed by atoms with Crippen LogP contribution in [0.1, 0.15) is 38.5 Å². The van der Waals surface area contributed by atoms with Crippen LogP contribution in [0.25, 0.3) is 0 Å². The summed E-state index contributed by atoms with van der Waals surface area (Å²) in [6.45, 7) is 0.0918. The molecule has 0 aromatic rings. The lowest BCUT2D eigenvalue weighted by atomic mass is 10.1. The van der Waals surface area contributed by atoms with Crippen molar-refractivity contribution < 1.29 is 44.1 Å². The third kappa shape index (κ3) is 14.0. The van der Waals surface area contributed by atoms with E-state index < -0.39 is 72.6 Å². The number of hydrogen-bond acceptors (Lipinski definition) is 9. The van der Waals surface area contributed by atoms with Gasteiger partial charge in [-0.15, -0.1) is 0 Å². The van der Waals surface area contributed by atoms with Gasteiger partial charge < -0.3 is 48.5 Å². The summed E-state index contributed by atoms with van der Waals surface area (Å²) in [5.74, 6) is -6.84. The number of carbonyl (C=O) groups is 6. The molecule has 0 aliphatic rings. The van der Waals surface area contributed by atoms with Crippen molar-refractivity contribution in [3.8, 4) is 0 Å². The highest BCUT2D eigenvalue weighted by Gasteiger charge is 2.30. The number of carboxylic acids is 3. The number of nitrogens with zero attached hydrogens (tertiary/aromatic N) is 1. The highest BCUT2D eigenvalue weighted by atomic mass is 32.1. The zero-order valence-corrected chi connectivity index (χ0v) is 20.3. The Morgan fingerprint density at radius 1 is 0.750 bits per heavy atom. The van der Waals surface area contributed by atoms with Crippen LogP contribution in [0.3, 0.4) is 0 Å². The molecule has 4 atom stereocenters. The Morgan fingerprint density at radius 3 is 1.75 bits per heavy atom. The van der Waals surface area contributed by atoms with E-state index in [1.54, 1.807) is 0 Å². The lowest BCUT2D eigenvalue weighted by molar-refractivity contribution is -0.143. The van der Waals surface area contributed by atoms with E-state index in [0.717, 1.165) is 0 Å². The highest BCUT2D eigenvalue weighted by molar-refractivity contribution is 7.80. The fourth-order valence-electron chi connectivity index (χ4n) is 2.73. The van der Waals surface area contributed by atoms with Gasteiger partial charge in [0.1, 0.15) is 18.1 Å². The molecule has 12 N–H and O–H groups in total. The van der Waals surface area contributed by atoms with Gasteiger partial charge in [0, 0.05) is 25.1 Å². The van der Waals surface area contributed by atoms with Crippen LogP contribution in [0.2, 0.25) is 0 Å². The fraction of sp³-hybridized carbons (Fsp3) is 0.632. The average molecular weight is 536 g/mol. The van der Waals surface area contributed by atoms with Gasteiger partial charge in [-0.3, -0.25) is 29.0 Å². The number of aliphatic carboxylic acids is 3. The van der Waals surface area contributed by atoms with Crippen molar-refractivity contribution in [2.45, 2.75) is 62.7 Å². The first-order valence-electron chi connectivity index (χ1n) is 10.8. The topological polar surface area (TPSA) is 290 Å². The molecule has 0 aliphatic carbocycles. The number of amides is 3. The molecule has 0 rings (SSSR count). The van der Waals surface area contributed by atoms with Gasteiger partial charge in [0.25, 0.3) is 0 Å². The van der Waals surface area contributed by atoms with E-state index in [0.29, 0.717) is 0 Å². The molecule has 204 valence electrons. The number of guanidine groups is 1. The summed E-state index contributed by atoms with van der Waals surface area (Å²) in [4.78, 5) is 74.3. The summed E-state index contributed by atoms with van der Waals surface area (Å²) in [5, 5.41) is 33.7. The second-order valence-corrected chi connectivity index (χ2v) is 7.99. The lowest BCUT2D eigenvalue weighted by Crippen LogP contribution is -2.57. The molecule has 17 heteroatoms. The van der Waals surface area contributed by atoms with Crippen LogP contribution in [0.15, 0.2) is 4.99 Å². The van der Waals surface area contributed by atoms with Crippen molar-refractivity contribution in [3.05, 3.63) is 0 Å². The molecule has 36 heavy (non-hydrogen) atoms. The largest absolute Gasteiger partial charge is 0.481 e. The molecule has 16 nitrogen and oxygen atoms in total. The molecule has 4 unspecified atom stereocenters. The van der Waals surface area contributed by atoms with Crippen molar-refractivity contribution in [3.63, 3.8) is 0 Å². The average Bonchev–Trinajstić information content (AvgIpc) is 2.79. The van der Waals surface area contributed by atoms with Crippen LogP contribution in [0.5, 0.6) is 0 Å². The lowest BCUT2D eigenvalue weighted by Gasteiger charge is -2.24. The van der Waals surface area contributed by atoms with E-state index in [-0.39, 0.29) is 43.9 Å². The van der Waals surface area contributed by atoms with Crippen LogP contribution in [-0.4, -0.2) is 93.4 Å². The van der Waals surface area contributed by atoms with E-state index in [1.807, 2.05) is 0 Å². The normalized spacial score (nSPS) is 13.8. The zero-order chi connectivity index (χ0) is 27.8. The van der Waals surface area contributed by atoms with Crippen LogP contribution in [-0.2, 0) is 28.8 Å². The highest BCUT2D eigenvalue weighted by Crippen LogP contribution is 2.05. The van der Waals surface area contributed by atoms with E-state index in [9.17, 15) is 33.9 Å². The quantitative estimate of drug-likeness (QED) is 0.0355. The second kappa shape index (κ2) is 16.9. The van der Waals surface area contributed by atoms with Crippen LogP contribution in [0.4, 0.5) is 0 Å². The maximum Gasteiger partial charge on any atom is 0.326 e. The van der Waals surface area contributed by atoms with Crippen LogP contribution in [0, 0.1) is 0 Å². The first kappa shape index (κ1) is 32.4. The van der Waals surface area contributed by atoms with Crippen molar-refractivity contribution in [2.24, 2.45) is 22.2 Å². The molecule has 0 bridgehead atoms. The van der Waals surface area contributed by atoms with Gasteiger partial charge in [0.05, 0.1) is 6.04 Å². The Morgan fingerprint density at radius 2 is 1.25 bits per heavy atom. The minimum Gasteiger partial charge on any atom is -0.481 e. The van der Waals surface area contributed by atoms with Crippen molar-refractivity contribution in [1.82, 2.24) is 16.0 Å². The second-order valence-electron chi connectivity index (χ2n) is 7.62. The maximum absolute atomic E-state index is 12.8. The summed E-state index contributed by atoms with van der Waals surface area (Å²) >= 11 is 4.00. The Labute approximate surface area is 211 Å². The number of thiol groups is 1. The molecule has 3 amide bonds. The number of nitrogens with one attached hydrogen (secondary N) is 3. The maximum atomic E-state index is 12.8. The molecule has 0 heterocycles. The Hall–Kier alpha value is -3.60. The SMILES string of the molecule is NC(N)=NCCCC(NC(=O)C(CS)NC(=O)C(N)CCC(=O)O)C(=O)NC(CCC(=O)O)C(=O)O. The van der Waals surface area contributed by atoms with E-state index in [4.69, 9.17) is 27.4 Å². The Kier molecular flexibility index (Phi) is 15.2. The molecule has 0 radical (unpaired) electrons. The number of carbonyl (C=O) groups excluding carboxylic acids is 3. The van der Waals surface area contributed by atoms with Gasteiger partial charge in [0.2, 0.25) is 17.7 Å². The minimum atomic E-state index is -1.53. The van der Waals surface area contributed by atoms with Gasteiger partial charge in [-0.05, 0) is 25.7 Å². The third-order valence-corrected chi connectivity index (χ3v) is 5.03. The molecule has 0 fully saturated rings. The molecule has 0 aliphatic heterocycles. The van der Waals surface area contributed by atoms with E-state index in [1.165, 1.54) is 0 Å². The number of aliphatic imine (C=N–C) groups is 1. The zero-order valence-electron chi connectivity index (χ0n) is 19.4. The van der Waals surface area contributed by atoms with Gasteiger partial charge in [-0.25, -0.2) is 4.79 Å². The van der Waals surface area contributed by atoms with Gasteiger partial charge >= 0.3 is 17.9 Å².